The predicted molar refractivity (Wildman–Crippen MR) is 102 cm³/mol. The summed E-state index contributed by atoms with van der Waals surface area (Å²) in [4.78, 5) is 10.6. The van der Waals surface area contributed by atoms with E-state index in [2.05, 4.69) is 25.5 Å². The highest BCUT2D eigenvalue weighted by molar-refractivity contribution is 5.57. The van der Waals surface area contributed by atoms with Crippen molar-refractivity contribution in [2.45, 2.75) is 13.3 Å². The van der Waals surface area contributed by atoms with Crippen molar-refractivity contribution in [3.05, 3.63) is 60.6 Å². The first-order chi connectivity index (χ1) is 12.7. The van der Waals surface area contributed by atoms with Crippen molar-refractivity contribution in [2.24, 2.45) is 0 Å². The summed E-state index contributed by atoms with van der Waals surface area (Å²) in [6, 6.07) is 11.7. The number of aromatic nitrogens is 4. The number of ether oxygens (including phenoxy) is 1. The predicted octanol–water partition coefficient (Wildman–Crippen LogP) is 3.09. The SMILES string of the molecule is CCOc1ccc(Nc2cnnc(N(C)CCc3ccncc3)n2)cc1. The second-order valence-electron chi connectivity index (χ2n) is 5.75. The number of likely N-dealkylation sites (N-methyl/N-ethyl adjacent to an activating group) is 1. The van der Waals surface area contributed by atoms with E-state index in [1.54, 1.807) is 18.6 Å². The van der Waals surface area contributed by atoms with Gasteiger partial charge in [-0.3, -0.25) is 4.98 Å². The fourth-order valence-electron chi connectivity index (χ4n) is 2.41. The molecule has 0 aliphatic rings. The first kappa shape index (κ1) is 17.6. The Morgan fingerprint density at radius 2 is 1.85 bits per heavy atom. The molecule has 7 nitrogen and oxygen atoms in total. The van der Waals surface area contributed by atoms with Gasteiger partial charge in [-0.25, -0.2) is 0 Å². The number of nitrogens with zero attached hydrogens (tertiary/aromatic N) is 5. The quantitative estimate of drug-likeness (QED) is 0.669. The molecule has 3 aromatic rings. The number of rotatable bonds is 8. The van der Waals surface area contributed by atoms with E-state index in [1.807, 2.05) is 55.3 Å². The van der Waals surface area contributed by atoms with Crippen molar-refractivity contribution >= 4 is 17.5 Å². The molecule has 0 bridgehead atoms. The van der Waals surface area contributed by atoms with Gasteiger partial charge < -0.3 is 15.0 Å². The molecule has 7 heteroatoms. The molecular weight excluding hydrogens is 328 g/mol. The average Bonchev–Trinajstić information content (AvgIpc) is 2.69. The molecular formula is C19H22N6O. The molecule has 0 saturated carbocycles. The lowest BCUT2D eigenvalue weighted by atomic mass is 10.2. The fraction of sp³-hybridized carbons (Fsp3) is 0.263. The van der Waals surface area contributed by atoms with Crippen molar-refractivity contribution < 1.29 is 4.74 Å². The molecule has 2 aromatic heterocycles. The van der Waals surface area contributed by atoms with Crippen molar-refractivity contribution in [3.8, 4) is 5.75 Å². The van der Waals surface area contributed by atoms with E-state index in [1.165, 1.54) is 5.56 Å². The Labute approximate surface area is 153 Å². The number of anilines is 3. The first-order valence-electron chi connectivity index (χ1n) is 8.54. The highest BCUT2D eigenvalue weighted by atomic mass is 16.5. The van der Waals surface area contributed by atoms with E-state index < -0.39 is 0 Å². The molecule has 134 valence electrons. The van der Waals surface area contributed by atoms with Gasteiger partial charge in [0.1, 0.15) is 5.75 Å². The van der Waals surface area contributed by atoms with Crippen molar-refractivity contribution in [2.75, 3.05) is 30.4 Å². The normalized spacial score (nSPS) is 10.4. The van der Waals surface area contributed by atoms with Crippen LogP contribution in [0.15, 0.2) is 55.0 Å². The maximum atomic E-state index is 5.45. The van der Waals surface area contributed by atoms with Crippen LogP contribution in [0.4, 0.5) is 17.5 Å². The van der Waals surface area contributed by atoms with Gasteiger partial charge >= 0.3 is 0 Å². The zero-order chi connectivity index (χ0) is 18.2. The highest BCUT2D eigenvalue weighted by Crippen LogP contribution is 2.19. The minimum atomic E-state index is 0.579. The summed E-state index contributed by atoms with van der Waals surface area (Å²) in [6.45, 7) is 3.40. The van der Waals surface area contributed by atoms with E-state index in [0.29, 0.717) is 18.4 Å². The Morgan fingerprint density at radius 1 is 1.08 bits per heavy atom. The number of hydrogen-bond acceptors (Lipinski definition) is 7. The average molecular weight is 350 g/mol. The second kappa shape index (κ2) is 8.75. The minimum Gasteiger partial charge on any atom is -0.494 e. The third kappa shape index (κ3) is 4.89. The molecule has 0 amide bonds. The number of benzene rings is 1. The molecule has 0 atom stereocenters. The molecule has 0 saturated heterocycles. The molecule has 0 spiro atoms. The van der Waals surface area contributed by atoms with Crippen LogP contribution in [0.3, 0.4) is 0 Å². The number of pyridine rings is 1. The molecule has 0 radical (unpaired) electrons. The standard InChI is InChI=1S/C19H22N6O/c1-3-26-17-6-4-16(5-7-17)22-18-14-21-24-19(23-18)25(2)13-10-15-8-11-20-12-9-15/h4-9,11-12,14H,3,10,13H2,1-2H3,(H,22,23,24). The molecule has 3 rings (SSSR count). The molecule has 1 N–H and O–H groups in total. The summed E-state index contributed by atoms with van der Waals surface area (Å²) in [5.74, 6) is 2.07. The minimum absolute atomic E-state index is 0.579. The van der Waals surface area contributed by atoms with Gasteiger partial charge in [-0.15, -0.1) is 5.10 Å². The first-order valence-corrected chi connectivity index (χ1v) is 8.54. The zero-order valence-corrected chi connectivity index (χ0v) is 15.0. The van der Waals surface area contributed by atoms with E-state index >= 15 is 0 Å². The molecule has 2 heterocycles. The van der Waals surface area contributed by atoms with Crippen molar-refractivity contribution in [1.29, 1.82) is 0 Å². The summed E-state index contributed by atoms with van der Waals surface area (Å²) < 4.78 is 5.45. The monoisotopic (exact) mass is 350 g/mol. The lowest BCUT2D eigenvalue weighted by molar-refractivity contribution is 0.340. The fourth-order valence-corrected chi connectivity index (χ4v) is 2.41. The second-order valence-corrected chi connectivity index (χ2v) is 5.75. The van der Waals surface area contributed by atoms with Crippen LogP contribution >= 0.6 is 0 Å². The van der Waals surface area contributed by atoms with Gasteiger partial charge in [0.25, 0.3) is 0 Å². The zero-order valence-electron chi connectivity index (χ0n) is 15.0. The summed E-state index contributed by atoms with van der Waals surface area (Å²) in [5, 5.41) is 11.4. The van der Waals surface area contributed by atoms with Gasteiger partial charge in [0.15, 0.2) is 5.82 Å². The number of hydrogen-bond donors (Lipinski definition) is 1. The Kier molecular flexibility index (Phi) is 5.92. The van der Waals surface area contributed by atoms with E-state index in [0.717, 1.165) is 24.4 Å². The van der Waals surface area contributed by atoms with Crippen LogP contribution in [0.25, 0.3) is 0 Å². The smallest absolute Gasteiger partial charge is 0.247 e. The molecule has 0 aliphatic carbocycles. The summed E-state index contributed by atoms with van der Waals surface area (Å²) >= 11 is 0. The van der Waals surface area contributed by atoms with Gasteiger partial charge in [-0.1, -0.05) is 0 Å². The van der Waals surface area contributed by atoms with Gasteiger partial charge in [0.05, 0.1) is 12.8 Å². The lowest BCUT2D eigenvalue weighted by Crippen LogP contribution is -2.23. The summed E-state index contributed by atoms with van der Waals surface area (Å²) in [6.07, 6.45) is 6.10. The lowest BCUT2D eigenvalue weighted by Gasteiger charge is -2.17. The van der Waals surface area contributed by atoms with E-state index in [4.69, 9.17) is 4.74 Å². The van der Waals surface area contributed by atoms with Crippen LogP contribution in [0.2, 0.25) is 0 Å². The summed E-state index contributed by atoms with van der Waals surface area (Å²) in [7, 11) is 1.96. The van der Waals surface area contributed by atoms with Gasteiger partial charge in [-0.2, -0.15) is 10.1 Å². The molecule has 0 unspecified atom stereocenters. The maximum absolute atomic E-state index is 5.45. The molecule has 1 aromatic carbocycles. The van der Waals surface area contributed by atoms with Crippen LogP contribution in [-0.4, -0.2) is 40.4 Å². The Morgan fingerprint density at radius 3 is 2.58 bits per heavy atom. The Bertz CT molecular complexity index is 810. The van der Waals surface area contributed by atoms with Crippen LogP contribution in [0.5, 0.6) is 5.75 Å². The van der Waals surface area contributed by atoms with E-state index in [-0.39, 0.29) is 0 Å². The largest absolute Gasteiger partial charge is 0.494 e. The third-order valence-corrected chi connectivity index (χ3v) is 3.81. The van der Waals surface area contributed by atoms with E-state index in [9.17, 15) is 0 Å². The van der Waals surface area contributed by atoms with Gasteiger partial charge in [-0.05, 0) is 55.3 Å². The Hall–Kier alpha value is -3.22. The molecule has 26 heavy (non-hydrogen) atoms. The van der Waals surface area contributed by atoms with Crippen LogP contribution in [0.1, 0.15) is 12.5 Å². The highest BCUT2D eigenvalue weighted by Gasteiger charge is 2.07. The summed E-state index contributed by atoms with van der Waals surface area (Å²) in [5.41, 5.74) is 2.14. The third-order valence-electron chi connectivity index (χ3n) is 3.81. The van der Waals surface area contributed by atoms with Crippen LogP contribution in [0, 0.1) is 0 Å². The van der Waals surface area contributed by atoms with Crippen LogP contribution in [-0.2, 0) is 6.42 Å². The van der Waals surface area contributed by atoms with Gasteiger partial charge in [0.2, 0.25) is 5.95 Å². The molecule has 0 fully saturated rings. The van der Waals surface area contributed by atoms with Crippen molar-refractivity contribution in [1.82, 2.24) is 20.2 Å². The maximum Gasteiger partial charge on any atom is 0.247 e. The Balaban J connectivity index is 1.61. The topological polar surface area (TPSA) is 76.1 Å². The number of nitrogens with one attached hydrogen (secondary N) is 1. The van der Waals surface area contributed by atoms with Crippen LogP contribution < -0.4 is 15.0 Å². The van der Waals surface area contributed by atoms with Gasteiger partial charge in [0, 0.05) is 31.7 Å². The van der Waals surface area contributed by atoms with Crippen molar-refractivity contribution in [3.63, 3.8) is 0 Å². The molecule has 0 aliphatic heterocycles.